The fourth-order valence-electron chi connectivity index (χ4n) is 1.33. The van der Waals surface area contributed by atoms with E-state index in [0.29, 0.717) is 11.4 Å². The highest BCUT2D eigenvalue weighted by Gasteiger charge is 2.12. The Labute approximate surface area is 96.6 Å². The minimum absolute atomic E-state index is 0.0658. The fourth-order valence-corrected chi connectivity index (χ4v) is 2.14. The quantitative estimate of drug-likeness (QED) is 0.867. The summed E-state index contributed by atoms with van der Waals surface area (Å²) in [6.07, 6.45) is 1.54. The van der Waals surface area contributed by atoms with Crippen molar-refractivity contribution in [3.63, 3.8) is 0 Å². The summed E-state index contributed by atoms with van der Waals surface area (Å²) in [5.74, 6) is -0.546. The Hall–Kier alpha value is -1.75. The van der Waals surface area contributed by atoms with Crippen molar-refractivity contribution in [1.82, 2.24) is 9.97 Å². The maximum atomic E-state index is 10.9. The summed E-state index contributed by atoms with van der Waals surface area (Å²) >= 11 is 1.55. The van der Waals surface area contributed by atoms with Crippen LogP contribution in [0.2, 0.25) is 0 Å². The summed E-state index contributed by atoms with van der Waals surface area (Å²) in [6, 6.07) is 3.86. The number of carbonyl (C=O) groups is 1. The van der Waals surface area contributed by atoms with Crippen LogP contribution in [0.3, 0.4) is 0 Å². The van der Waals surface area contributed by atoms with Gasteiger partial charge in [-0.05, 0) is 26.0 Å². The van der Waals surface area contributed by atoms with E-state index < -0.39 is 5.97 Å². The third-order valence-corrected chi connectivity index (χ3v) is 3.13. The highest BCUT2D eigenvalue weighted by Crippen LogP contribution is 2.24. The molecule has 82 valence electrons. The Morgan fingerprint density at radius 1 is 1.38 bits per heavy atom. The van der Waals surface area contributed by atoms with Crippen LogP contribution in [0.15, 0.2) is 18.3 Å². The van der Waals surface area contributed by atoms with Crippen LogP contribution in [0.4, 0.5) is 0 Å². The third kappa shape index (κ3) is 1.94. The number of hydrogen-bond donors (Lipinski definition) is 1. The number of aromatic carboxylic acids is 1. The monoisotopic (exact) mass is 234 g/mol. The zero-order valence-corrected chi connectivity index (χ0v) is 9.71. The van der Waals surface area contributed by atoms with Gasteiger partial charge in [0, 0.05) is 16.6 Å². The lowest BCUT2D eigenvalue weighted by atomic mass is 10.2. The molecule has 0 aliphatic carbocycles. The van der Waals surface area contributed by atoms with Gasteiger partial charge in [-0.1, -0.05) is 0 Å². The van der Waals surface area contributed by atoms with E-state index in [1.165, 1.54) is 0 Å². The summed E-state index contributed by atoms with van der Waals surface area (Å²) in [6.45, 7) is 3.67. The van der Waals surface area contributed by atoms with E-state index in [-0.39, 0.29) is 5.69 Å². The van der Waals surface area contributed by atoms with Crippen molar-refractivity contribution >= 4 is 17.3 Å². The molecule has 0 spiro atoms. The zero-order valence-electron chi connectivity index (χ0n) is 8.89. The van der Waals surface area contributed by atoms with E-state index in [4.69, 9.17) is 5.11 Å². The summed E-state index contributed by atoms with van der Waals surface area (Å²) in [7, 11) is 0. The summed E-state index contributed by atoms with van der Waals surface area (Å²) in [4.78, 5) is 21.2. The molecule has 2 aromatic rings. The Kier molecular flexibility index (Phi) is 2.70. The summed E-state index contributed by atoms with van der Waals surface area (Å²) in [5, 5.41) is 8.96. The first-order chi connectivity index (χ1) is 7.58. The molecule has 5 heteroatoms. The molecule has 0 aliphatic rings. The number of hydrogen-bond acceptors (Lipinski definition) is 4. The Morgan fingerprint density at radius 2 is 2.12 bits per heavy atom. The first-order valence-corrected chi connectivity index (χ1v) is 5.53. The lowest BCUT2D eigenvalue weighted by Gasteiger charge is -2.01. The zero-order chi connectivity index (χ0) is 11.7. The smallest absolute Gasteiger partial charge is 0.354 e. The van der Waals surface area contributed by atoms with Crippen molar-refractivity contribution in [2.45, 2.75) is 13.8 Å². The fraction of sp³-hybridized carbons (Fsp3) is 0.182. The second-order valence-electron chi connectivity index (χ2n) is 3.44. The number of thiophene rings is 1. The van der Waals surface area contributed by atoms with Gasteiger partial charge in [0.25, 0.3) is 0 Å². The van der Waals surface area contributed by atoms with E-state index in [1.807, 2.05) is 19.1 Å². The average Bonchev–Trinajstić information content (AvgIpc) is 2.65. The molecule has 4 nitrogen and oxygen atoms in total. The van der Waals surface area contributed by atoms with Crippen LogP contribution in [0, 0.1) is 13.8 Å². The first kappa shape index (κ1) is 10.8. The minimum atomic E-state index is -1.02. The topological polar surface area (TPSA) is 63.1 Å². The van der Waals surface area contributed by atoms with Crippen molar-refractivity contribution in [3.8, 4) is 10.7 Å². The van der Waals surface area contributed by atoms with Gasteiger partial charge in [0.1, 0.15) is 0 Å². The third-order valence-electron chi connectivity index (χ3n) is 2.14. The minimum Gasteiger partial charge on any atom is -0.477 e. The van der Waals surface area contributed by atoms with Crippen LogP contribution in [-0.2, 0) is 0 Å². The van der Waals surface area contributed by atoms with Gasteiger partial charge in [-0.15, -0.1) is 11.3 Å². The molecule has 2 rings (SSSR count). The van der Waals surface area contributed by atoms with E-state index in [9.17, 15) is 4.79 Å². The van der Waals surface area contributed by atoms with Crippen molar-refractivity contribution in [2.75, 3.05) is 0 Å². The van der Waals surface area contributed by atoms with Gasteiger partial charge in [0.05, 0.1) is 4.88 Å². The standard InChI is InChI=1S/C11H10N2O2S/c1-6-5-12-10(13-9(6)11(14)15)8-4-3-7(2)16-8/h3-5H,1-2H3,(H,14,15). The molecule has 0 fully saturated rings. The van der Waals surface area contributed by atoms with E-state index in [2.05, 4.69) is 9.97 Å². The summed E-state index contributed by atoms with van der Waals surface area (Å²) in [5.41, 5.74) is 0.639. The van der Waals surface area contributed by atoms with Crippen LogP contribution < -0.4 is 0 Å². The Bertz CT molecular complexity index is 549. The first-order valence-electron chi connectivity index (χ1n) is 4.71. The van der Waals surface area contributed by atoms with Gasteiger partial charge < -0.3 is 5.11 Å². The van der Waals surface area contributed by atoms with Gasteiger partial charge in [-0.25, -0.2) is 14.8 Å². The van der Waals surface area contributed by atoms with Crippen molar-refractivity contribution in [3.05, 3.63) is 34.5 Å². The maximum absolute atomic E-state index is 10.9. The molecular weight excluding hydrogens is 224 g/mol. The number of carboxylic acids is 1. The number of rotatable bonds is 2. The number of aromatic nitrogens is 2. The van der Waals surface area contributed by atoms with E-state index in [1.54, 1.807) is 24.5 Å². The normalized spacial score (nSPS) is 10.4. The second kappa shape index (κ2) is 4.02. The van der Waals surface area contributed by atoms with E-state index in [0.717, 1.165) is 9.75 Å². The molecule has 0 unspecified atom stereocenters. The van der Waals surface area contributed by atoms with Crippen molar-refractivity contribution in [2.24, 2.45) is 0 Å². The largest absolute Gasteiger partial charge is 0.477 e. The van der Waals surface area contributed by atoms with Crippen LogP contribution in [0.1, 0.15) is 20.9 Å². The molecule has 0 aromatic carbocycles. The van der Waals surface area contributed by atoms with Gasteiger partial charge in [-0.3, -0.25) is 0 Å². The molecule has 2 aromatic heterocycles. The van der Waals surface area contributed by atoms with Crippen LogP contribution >= 0.6 is 11.3 Å². The molecule has 0 bridgehead atoms. The van der Waals surface area contributed by atoms with Gasteiger partial charge >= 0.3 is 5.97 Å². The lowest BCUT2D eigenvalue weighted by Crippen LogP contribution is -2.05. The predicted octanol–water partition coefficient (Wildman–Crippen LogP) is 2.52. The molecule has 1 N–H and O–H groups in total. The number of nitrogens with zero attached hydrogens (tertiary/aromatic N) is 2. The molecular formula is C11H10N2O2S. The average molecular weight is 234 g/mol. The lowest BCUT2D eigenvalue weighted by molar-refractivity contribution is 0.0689. The van der Waals surface area contributed by atoms with Crippen molar-refractivity contribution < 1.29 is 9.90 Å². The van der Waals surface area contributed by atoms with Crippen LogP contribution in [0.5, 0.6) is 0 Å². The highest BCUT2D eigenvalue weighted by molar-refractivity contribution is 7.15. The van der Waals surface area contributed by atoms with Gasteiger partial charge in [0.15, 0.2) is 11.5 Å². The van der Waals surface area contributed by atoms with Gasteiger partial charge in [-0.2, -0.15) is 0 Å². The predicted molar refractivity (Wildman–Crippen MR) is 61.8 cm³/mol. The Balaban J connectivity index is 2.51. The molecule has 16 heavy (non-hydrogen) atoms. The molecule has 0 atom stereocenters. The van der Waals surface area contributed by atoms with E-state index >= 15 is 0 Å². The molecule has 0 saturated heterocycles. The van der Waals surface area contributed by atoms with Gasteiger partial charge in [0.2, 0.25) is 0 Å². The molecule has 0 aliphatic heterocycles. The molecule has 0 radical (unpaired) electrons. The van der Waals surface area contributed by atoms with Crippen LogP contribution in [0.25, 0.3) is 10.7 Å². The maximum Gasteiger partial charge on any atom is 0.354 e. The molecule has 0 amide bonds. The van der Waals surface area contributed by atoms with Crippen LogP contribution in [-0.4, -0.2) is 21.0 Å². The summed E-state index contributed by atoms with van der Waals surface area (Å²) < 4.78 is 0. The number of aryl methyl sites for hydroxylation is 2. The number of carboxylic acid groups (broad SMARTS) is 1. The second-order valence-corrected chi connectivity index (χ2v) is 4.73. The SMILES string of the molecule is Cc1ccc(-c2ncc(C)c(C(=O)O)n2)s1. The highest BCUT2D eigenvalue weighted by atomic mass is 32.1. The Morgan fingerprint density at radius 3 is 2.69 bits per heavy atom. The van der Waals surface area contributed by atoms with Crippen molar-refractivity contribution in [1.29, 1.82) is 0 Å². The molecule has 2 heterocycles. The molecule has 0 saturated carbocycles.